The minimum absolute atomic E-state index is 0.228. The third kappa shape index (κ3) is 2.11. The van der Waals surface area contributed by atoms with Gasteiger partial charge in [0.1, 0.15) is 11.5 Å². The molecule has 3 nitrogen and oxygen atoms in total. The summed E-state index contributed by atoms with van der Waals surface area (Å²) in [5.74, 6) is 2.15. The maximum atomic E-state index is 10.7. The first-order valence-corrected chi connectivity index (χ1v) is 6.61. The van der Waals surface area contributed by atoms with E-state index in [4.69, 9.17) is 9.52 Å². The number of carboxylic acids is 1. The predicted molar refractivity (Wildman–Crippen MR) is 63.3 cm³/mol. The molecule has 1 fully saturated rings. The van der Waals surface area contributed by atoms with Gasteiger partial charge in [-0.2, -0.15) is 0 Å². The van der Waals surface area contributed by atoms with Crippen LogP contribution in [0.2, 0.25) is 0 Å². The number of fused-ring (bicyclic) bond motifs is 1. The Morgan fingerprint density at radius 1 is 1.29 bits per heavy atom. The topological polar surface area (TPSA) is 50.4 Å². The maximum Gasteiger partial charge on any atom is 0.303 e. The molecule has 3 rings (SSSR count). The van der Waals surface area contributed by atoms with E-state index in [2.05, 4.69) is 0 Å². The fraction of sp³-hybridized carbons (Fsp3) is 0.643. The Morgan fingerprint density at radius 3 is 2.76 bits per heavy atom. The summed E-state index contributed by atoms with van der Waals surface area (Å²) in [5.41, 5.74) is 2.59. The molecule has 1 aromatic heterocycles. The quantitative estimate of drug-likeness (QED) is 0.871. The molecular formula is C14H18O3. The van der Waals surface area contributed by atoms with Crippen molar-refractivity contribution < 1.29 is 14.3 Å². The highest BCUT2D eigenvalue weighted by Crippen LogP contribution is 2.45. The van der Waals surface area contributed by atoms with Gasteiger partial charge in [0, 0.05) is 18.8 Å². The first-order valence-electron chi connectivity index (χ1n) is 6.61. The number of carbonyl (C=O) groups is 1. The minimum Gasteiger partial charge on any atom is -0.481 e. The molecule has 0 radical (unpaired) electrons. The zero-order valence-electron chi connectivity index (χ0n) is 10.00. The van der Waals surface area contributed by atoms with Gasteiger partial charge in [-0.3, -0.25) is 4.79 Å². The molecule has 1 N–H and O–H groups in total. The number of hydrogen-bond donors (Lipinski definition) is 1. The Hall–Kier alpha value is -1.25. The van der Waals surface area contributed by atoms with Crippen molar-refractivity contribution in [2.45, 2.75) is 57.3 Å². The fourth-order valence-corrected chi connectivity index (χ4v) is 2.83. The summed E-state index contributed by atoms with van der Waals surface area (Å²) in [4.78, 5) is 10.7. The largest absolute Gasteiger partial charge is 0.481 e. The molecule has 0 aromatic carbocycles. The van der Waals surface area contributed by atoms with Crippen molar-refractivity contribution >= 4 is 5.97 Å². The Bertz CT molecular complexity index is 441. The molecular weight excluding hydrogens is 216 g/mol. The van der Waals surface area contributed by atoms with E-state index in [1.165, 1.54) is 36.8 Å². The normalized spacial score (nSPS) is 19.1. The number of carboxylic acid groups (broad SMARTS) is 1. The smallest absolute Gasteiger partial charge is 0.303 e. The van der Waals surface area contributed by atoms with E-state index >= 15 is 0 Å². The molecule has 17 heavy (non-hydrogen) atoms. The molecule has 2 aliphatic carbocycles. The fourth-order valence-electron chi connectivity index (χ4n) is 2.83. The van der Waals surface area contributed by atoms with Crippen molar-refractivity contribution in [3.8, 4) is 0 Å². The van der Waals surface area contributed by atoms with Crippen LogP contribution in [0.15, 0.2) is 4.42 Å². The average Bonchev–Trinajstić information content (AvgIpc) is 3.08. The van der Waals surface area contributed by atoms with Gasteiger partial charge in [0.2, 0.25) is 0 Å². The lowest BCUT2D eigenvalue weighted by molar-refractivity contribution is -0.136. The summed E-state index contributed by atoms with van der Waals surface area (Å²) in [6.07, 6.45) is 7.87. The zero-order chi connectivity index (χ0) is 11.8. The van der Waals surface area contributed by atoms with E-state index in [9.17, 15) is 4.79 Å². The molecule has 1 saturated carbocycles. The van der Waals surface area contributed by atoms with Crippen LogP contribution < -0.4 is 0 Å². The van der Waals surface area contributed by atoms with Gasteiger partial charge in [-0.1, -0.05) is 0 Å². The number of aryl methyl sites for hydroxylation is 1. The SMILES string of the molecule is O=C(O)CCc1c(C2CC2)oc2c1CCCC2. The second kappa shape index (κ2) is 4.21. The van der Waals surface area contributed by atoms with Crippen molar-refractivity contribution in [3.05, 3.63) is 22.6 Å². The first kappa shape index (κ1) is 10.9. The van der Waals surface area contributed by atoms with Crippen LogP contribution in [0, 0.1) is 0 Å². The molecule has 0 atom stereocenters. The third-order valence-corrected chi connectivity index (χ3v) is 3.85. The molecule has 0 aliphatic heterocycles. The van der Waals surface area contributed by atoms with Crippen LogP contribution in [-0.2, 0) is 24.1 Å². The Labute approximate surface area is 101 Å². The molecule has 0 spiro atoms. The summed E-state index contributed by atoms with van der Waals surface area (Å²) in [6.45, 7) is 0. The van der Waals surface area contributed by atoms with Crippen LogP contribution in [0.3, 0.4) is 0 Å². The van der Waals surface area contributed by atoms with Crippen molar-refractivity contribution in [1.82, 2.24) is 0 Å². The second-order valence-electron chi connectivity index (χ2n) is 5.22. The van der Waals surface area contributed by atoms with Crippen molar-refractivity contribution in [2.24, 2.45) is 0 Å². The molecule has 1 heterocycles. The lowest BCUT2D eigenvalue weighted by atomic mass is 9.92. The van der Waals surface area contributed by atoms with Gasteiger partial charge >= 0.3 is 5.97 Å². The maximum absolute atomic E-state index is 10.7. The van der Waals surface area contributed by atoms with Crippen LogP contribution in [0.4, 0.5) is 0 Å². The van der Waals surface area contributed by atoms with Crippen LogP contribution >= 0.6 is 0 Å². The summed E-state index contributed by atoms with van der Waals surface area (Å²) >= 11 is 0. The highest BCUT2D eigenvalue weighted by molar-refractivity contribution is 5.67. The van der Waals surface area contributed by atoms with Gasteiger partial charge in [-0.15, -0.1) is 0 Å². The molecule has 0 saturated heterocycles. The number of hydrogen-bond acceptors (Lipinski definition) is 2. The zero-order valence-corrected chi connectivity index (χ0v) is 10.00. The van der Waals surface area contributed by atoms with Crippen molar-refractivity contribution in [3.63, 3.8) is 0 Å². The molecule has 0 unspecified atom stereocenters. The Kier molecular flexibility index (Phi) is 2.69. The molecule has 0 amide bonds. The molecule has 3 heteroatoms. The third-order valence-electron chi connectivity index (χ3n) is 3.85. The highest BCUT2D eigenvalue weighted by Gasteiger charge is 2.33. The van der Waals surface area contributed by atoms with Gasteiger partial charge in [-0.25, -0.2) is 0 Å². The van der Waals surface area contributed by atoms with Gasteiger partial charge in [0.15, 0.2) is 0 Å². The van der Waals surface area contributed by atoms with E-state index in [1.807, 2.05) is 0 Å². The van der Waals surface area contributed by atoms with Gasteiger partial charge < -0.3 is 9.52 Å². The first-order chi connectivity index (χ1) is 8.25. The van der Waals surface area contributed by atoms with Gasteiger partial charge in [0.25, 0.3) is 0 Å². The predicted octanol–water partition coefficient (Wildman–Crippen LogP) is 3.05. The Morgan fingerprint density at radius 2 is 2.06 bits per heavy atom. The van der Waals surface area contributed by atoms with Crippen LogP contribution in [0.5, 0.6) is 0 Å². The van der Waals surface area contributed by atoms with Crippen LogP contribution in [0.1, 0.15) is 60.7 Å². The van der Waals surface area contributed by atoms with Gasteiger partial charge in [0.05, 0.1) is 0 Å². The van der Waals surface area contributed by atoms with E-state index in [0.717, 1.165) is 24.4 Å². The van der Waals surface area contributed by atoms with E-state index < -0.39 is 5.97 Å². The summed E-state index contributed by atoms with van der Waals surface area (Å²) < 4.78 is 6.00. The number of furan rings is 1. The lowest BCUT2D eigenvalue weighted by Gasteiger charge is -2.10. The molecule has 92 valence electrons. The van der Waals surface area contributed by atoms with E-state index in [-0.39, 0.29) is 6.42 Å². The van der Waals surface area contributed by atoms with E-state index in [1.54, 1.807) is 0 Å². The van der Waals surface area contributed by atoms with Crippen LogP contribution in [-0.4, -0.2) is 11.1 Å². The summed E-state index contributed by atoms with van der Waals surface area (Å²) in [7, 11) is 0. The second-order valence-corrected chi connectivity index (χ2v) is 5.22. The van der Waals surface area contributed by atoms with Crippen LogP contribution in [0.25, 0.3) is 0 Å². The Balaban J connectivity index is 1.91. The van der Waals surface area contributed by atoms with E-state index in [0.29, 0.717) is 12.3 Å². The van der Waals surface area contributed by atoms with Gasteiger partial charge in [-0.05, 0) is 49.7 Å². The number of rotatable bonds is 4. The standard InChI is InChI=1S/C14H18O3/c15-13(16)8-7-11-10-3-1-2-4-12(10)17-14(11)9-5-6-9/h9H,1-8H2,(H,15,16). The number of aliphatic carboxylic acids is 1. The summed E-state index contributed by atoms with van der Waals surface area (Å²) in [5, 5.41) is 8.83. The molecule has 1 aromatic rings. The van der Waals surface area contributed by atoms with Crippen molar-refractivity contribution in [2.75, 3.05) is 0 Å². The minimum atomic E-state index is -0.711. The van der Waals surface area contributed by atoms with Crippen molar-refractivity contribution in [1.29, 1.82) is 0 Å². The molecule has 0 bridgehead atoms. The lowest BCUT2D eigenvalue weighted by Crippen LogP contribution is -2.04. The summed E-state index contributed by atoms with van der Waals surface area (Å²) in [6, 6.07) is 0. The monoisotopic (exact) mass is 234 g/mol. The molecule has 2 aliphatic rings. The average molecular weight is 234 g/mol. The highest BCUT2D eigenvalue weighted by atomic mass is 16.4.